The van der Waals surface area contributed by atoms with Crippen LogP contribution < -0.4 is 5.32 Å². The number of hydrogen-bond acceptors (Lipinski definition) is 3. The molecule has 0 aliphatic heterocycles. The van der Waals surface area contributed by atoms with Crippen molar-refractivity contribution in [2.45, 2.75) is 44.6 Å². The minimum Gasteiger partial charge on any atom is -0.378 e. The van der Waals surface area contributed by atoms with Crippen LogP contribution in [0.3, 0.4) is 0 Å². The van der Waals surface area contributed by atoms with Gasteiger partial charge in [0.15, 0.2) is 0 Å². The van der Waals surface area contributed by atoms with Crippen molar-refractivity contribution in [3.05, 3.63) is 54.1 Å². The average molecular weight is 267 g/mol. The maximum absolute atomic E-state index is 4.50. The largest absolute Gasteiger partial charge is 0.378 e. The molecule has 1 heterocycles. The standard InChI is InChI=1S/C17H21N3/c1-3-7-14(8-4-1)15-11-19-17(20-12-15)13-18-16-9-5-2-6-10-16/h2,5-6,9-12,14,18H,1,3-4,7-8,13H2. The molecular weight excluding hydrogens is 246 g/mol. The van der Waals surface area contributed by atoms with E-state index in [1.165, 1.54) is 37.7 Å². The van der Waals surface area contributed by atoms with Crippen LogP contribution in [0.4, 0.5) is 5.69 Å². The van der Waals surface area contributed by atoms with Gasteiger partial charge in [0.05, 0.1) is 6.54 Å². The van der Waals surface area contributed by atoms with Crippen molar-refractivity contribution in [2.24, 2.45) is 0 Å². The Morgan fingerprint density at radius 2 is 1.65 bits per heavy atom. The summed E-state index contributed by atoms with van der Waals surface area (Å²) in [4.78, 5) is 8.99. The Balaban J connectivity index is 1.58. The lowest BCUT2D eigenvalue weighted by Gasteiger charge is -2.21. The fourth-order valence-corrected chi connectivity index (χ4v) is 2.84. The monoisotopic (exact) mass is 267 g/mol. The van der Waals surface area contributed by atoms with Gasteiger partial charge in [-0.25, -0.2) is 9.97 Å². The first-order valence-electron chi connectivity index (χ1n) is 7.51. The SMILES string of the molecule is c1ccc(NCc2ncc(C3CCCCC3)cn2)cc1. The number of nitrogens with one attached hydrogen (secondary N) is 1. The van der Waals surface area contributed by atoms with Gasteiger partial charge in [-0.15, -0.1) is 0 Å². The first kappa shape index (κ1) is 13.1. The van der Waals surface area contributed by atoms with E-state index in [0.29, 0.717) is 12.5 Å². The van der Waals surface area contributed by atoms with Gasteiger partial charge in [-0.2, -0.15) is 0 Å². The maximum atomic E-state index is 4.50. The minimum absolute atomic E-state index is 0.676. The zero-order valence-corrected chi connectivity index (χ0v) is 11.8. The summed E-state index contributed by atoms with van der Waals surface area (Å²) in [7, 11) is 0. The number of para-hydroxylation sites is 1. The fraction of sp³-hybridized carbons (Fsp3) is 0.412. The van der Waals surface area contributed by atoms with Gasteiger partial charge in [-0.3, -0.25) is 0 Å². The fourth-order valence-electron chi connectivity index (χ4n) is 2.84. The van der Waals surface area contributed by atoms with Crippen molar-refractivity contribution < 1.29 is 0 Å². The lowest BCUT2D eigenvalue weighted by atomic mass is 9.85. The Bertz CT molecular complexity index is 516. The number of rotatable bonds is 4. The second kappa shape index (κ2) is 6.51. The van der Waals surface area contributed by atoms with Gasteiger partial charge in [0.1, 0.15) is 5.82 Å². The first-order valence-corrected chi connectivity index (χ1v) is 7.51. The molecule has 0 amide bonds. The van der Waals surface area contributed by atoms with Crippen molar-refractivity contribution in [3.8, 4) is 0 Å². The van der Waals surface area contributed by atoms with Crippen molar-refractivity contribution in [3.63, 3.8) is 0 Å². The molecular formula is C17H21N3. The zero-order valence-electron chi connectivity index (χ0n) is 11.8. The predicted molar refractivity (Wildman–Crippen MR) is 81.6 cm³/mol. The third-order valence-electron chi connectivity index (χ3n) is 4.03. The summed E-state index contributed by atoms with van der Waals surface area (Å²) in [6, 6.07) is 10.2. The molecule has 1 aromatic carbocycles. The molecule has 3 nitrogen and oxygen atoms in total. The van der Waals surface area contributed by atoms with Crippen LogP contribution in [0.2, 0.25) is 0 Å². The van der Waals surface area contributed by atoms with Crippen molar-refractivity contribution in [1.29, 1.82) is 0 Å². The van der Waals surface area contributed by atoms with Crippen molar-refractivity contribution >= 4 is 5.69 Å². The van der Waals surface area contributed by atoms with E-state index in [1.807, 2.05) is 30.6 Å². The van der Waals surface area contributed by atoms with Gasteiger partial charge in [-0.1, -0.05) is 37.5 Å². The Hall–Kier alpha value is -1.90. The molecule has 1 aliphatic carbocycles. The molecule has 3 rings (SSSR count). The van der Waals surface area contributed by atoms with Gasteiger partial charge < -0.3 is 5.32 Å². The van der Waals surface area contributed by atoms with E-state index in [-0.39, 0.29) is 0 Å². The van der Waals surface area contributed by atoms with Crippen LogP contribution in [-0.2, 0) is 6.54 Å². The van der Waals surface area contributed by atoms with Crippen molar-refractivity contribution in [1.82, 2.24) is 9.97 Å². The van der Waals surface area contributed by atoms with Crippen LogP contribution in [0.25, 0.3) is 0 Å². The summed E-state index contributed by atoms with van der Waals surface area (Å²) >= 11 is 0. The number of nitrogens with zero attached hydrogens (tertiary/aromatic N) is 2. The minimum atomic E-state index is 0.676. The summed E-state index contributed by atoms with van der Waals surface area (Å²) in [6.45, 7) is 0.676. The summed E-state index contributed by atoms with van der Waals surface area (Å²) in [6.07, 6.45) is 10.7. The molecule has 0 atom stereocenters. The van der Waals surface area contributed by atoms with E-state index in [4.69, 9.17) is 0 Å². The Labute approximate surface area is 120 Å². The quantitative estimate of drug-likeness (QED) is 0.904. The third-order valence-corrected chi connectivity index (χ3v) is 4.03. The lowest BCUT2D eigenvalue weighted by molar-refractivity contribution is 0.441. The Morgan fingerprint density at radius 3 is 2.35 bits per heavy atom. The summed E-state index contributed by atoms with van der Waals surface area (Å²) in [5.74, 6) is 1.54. The van der Waals surface area contributed by atoms with Gasteiger partial charge in [-0.05, 0) is 36.5 Å². The second-order valence-corrected chi connectivity index (χ2v) is 5.49. The number of aromatic nitrogens is 2. The Morgan fingerprint density at radius 1 is 0.950 bits per heavy atom. The van der Waals surface area contributed by atoms with E-state index in [1.54, 1.807) is 0 Å². The molecule has 2 aromatic rings. The topological polar surface area (TPSA) is 37.8 Å². The van der Waals surface area contributed by atoms with Gasteiger partial charge >= 0.3 is 0 Å². The van der Waals surface area contributed by atoms with E-state index < -0.39 is 0 Å². The summed E-state index contributed by atoms with van der Waals surface area (Å²) < 4.78 is 0. The number of hydrogen-bond donors (Lipinski definition) is 1. The van der Waals surface area contributed by atoms with E-state index in [0.717, 1.165) is 11.5 Å². The molecule has 0 bridgehead atoms. The molecule has 20 heavy (non-hydrogen) atoms. The second-order valence-electron chi connectivity index (χ2n) is 5.49. The van der Waals surface area contributed by atoms with Crippen LogP contribution in [0, 0.1) is 0 Å². The molecule has 0 radical (unpaired) electrons. The smallest absolute Gasteiger partial charge is 0.147 e. The van der Waals surface area contributed by atoms with Crippen LogP contribution in [-0.4, -0.2) is 9.97 Å². The highest BCUT2D eigenvalue weighted by Gasteiger charge is 2.15. The molecule has 1 aliphatic rings. The molecule has 0 saturated heterocycles. The highest BCUT2D eigenvalue weighted by atomic mass is 15.0. The van der Waals surface area contributed by atoms with Crippen LogP contribution in [0.15, 0.2) is 42.7 Å². The number of benzene rings is 1. The van der Waals surface area contributed by atoms with E-state index in [9.17, 15) is 0 Å². The highest BCUT2D eigenvalue weighted by molar-refractivity contribution is 5.42. The molecule has 1 fully saturated rings. The van der Waals surface area contributed by atoms with E-state index in [2.05, 4.69) is 27.4 Å². The summed E-state index contributed by atoms with van der Waals surface area (Å²) in [5.41, 5.74) is 2.42. The molecule has 1 N–H and O–H groups in total. The van der Waals surface area contributed by atoms with Gasteiger partial charge in [0.2, 0.25) is 0 Å². The third kappa shape index (κ3) is 3.35. The van der Waals surface area contributed by atoms with Gasteiger partial charge in [0, 0.05) is 18.1 Å². The lowest BCUT2D eigenvalue weighted by Crippen LogP contribution is -2.08. The molecule has 0 unspecified atom stereocenters. The molecule has 104 valence electrons. The highest BCUT2D eigenvalue weighted by Crippen LogP contribution is 2.31. The normalized spacial score (nSPS) is 16.0. The van der Waals surface area contributed by atoms with E-state index >= 15 is 0 Å². The molecule has 1 saturated carbocycles. The van der Waals surface area contributed by atoms with Gasteiger partial charge in [0.25, 0.3) is 0 Å². The van der Waals surface area contributed by atoms with Crippen LogP contribution in [0.5, 0.6) is 0 Å². The van der Waals surface area contributed by atoms with Crippen molar-refractivity contribution in [2.75, 3.05) is 5.32 Å². The van der Waals surface area contributed by atoms with Crippen LogP contribution in [0.1, 0.15) is 49.4 Å². The molecule has 0 spiro atoms. The first-order chi connectivity index (χ1) is 9.92. The summed E-state index contributed by atoms with van der Waals surface area (Å²) in [5, 5.41) is 3.33. The average Bonchev–Trinajstić information content (AvgIpc) is 2.55. The number of anilines is 1. The van der Waals surface area contributed by atoms with Crippen LogP contribution >= 0.6 is 0 Å². The maximum Gasteiger partial charge on any atom is 0.147 e. The molecule has 3 heteroatoms. The predicted octanol–water partition coefficient (Wildman–Crippen LogP) is 4.14. The zero-order chi connectivity index (χ0) is 13.6. The molecule has 1 aromatic heterocycles. The Kier molecular flexibility index (Phi) is 4.26.